The van der Waals surface area contributed by atoms with Gasteiger partial charge in [0.05, 0.1) is 5.52 Å². The van der Waals surface area contributed by atoms with E-state index >= 15 is 0 Å². The molecule has 3 aromatic rings. The van der Waals surface area contributed by atoms with Gasteiger partial charge >= 0.3 is 0 Å². The molecule has 0 spiro atoms. The van der Waals surface area contributed by atoms with Crippen molar-refractivity contribution in [1.82, 2.24) is 14.5 Å². The van der Waals surface area contributed by atoms with Gasteiger partial charge in [-0.05, 0) is 72.3 Å². The predicted octanol–water partition coefficient (Wildman–Crippen LogP) is 4.48. The molecule has 0 radical (unpaired) electrons. The fraction of sp³-hybridized carbons (Fsp3) is 0.348. The molecule has 5 rings (SSSR count). The van der Waals surface area contributed by atoms with Gasteiger partial charge in [-0.15, -0.1) is 0 Å². The summed E-state index contributed by atoms with van der Waals surface area (Å²) in [7, 11) is 2.18. The predicted molar refractivity (Wildman–Crippen MR) is 108 cm³/mol. The number of aromatic nitrogens is 2. The molecule has 2 aliphatic rings. The maximum atomic E-state index is 13.3. The van der Waals surface area contributed by atoms with Gasteiger partial charge in [0, 0.05) is 49.2 Å². The minimum Gasteiger partial charge on any atom is -0.320 e. The molecule has 2 aromatic heterocycles. The number of allylic oxidation sites excluding steroid dienone is 1. The number of benzene rings is 1. The third kappa shape index (κ3) is 2.79. The van der Waals surface area contributed by atoms with E-state index in [9.17, 15) is 4.39 Å². The van der Waals surface area contributed by atoms with Crippen molar-refractivity contribution in [2.24, 2.45) is 0 Å². The second-order valence-electron chi connectivity index (χ2n) is 7.77. The van der Waals surface area contributed by atoms with Gasteiger partial charge in [-0.3, -0.25) is 4.98 Å². The number of halogens is 1. The lowest BCUT2D eigenvalue weighted by Gasteiger charge is -2.13. The molecule has 0 unspecified atom stereocenters. The first-order valence-electron chi connectivity index (χ1n) is 9.77. The van der Waals surface area contributed by atoms with Gasteiger partial charge < -0.3 is 9.47 Å². The molecule has 3 heterocycles. The van der Waals surface area contributed by atoms with Gasteiger partial charge in [0.2, 0.25) is 0 Å². The summed E-state index contributed by atoms with van der Waals surface area (Å²) >= 11 is 0. The summed E-state index contributed by atoms with van der Waals surface area (Å²) in [6.07, 6.45) is 10.4. The smallest absolute Gasteiger partial charge is 0.115 e. The fourth-order valence-electron chi connectivity index (χ4n) is 4.61. The second-order valence-corrected chi connectivity index (χ2v) is 7.77. The maximum Gasteiger partial charge on any atom is 0.115 e. The van der Waals surface area contributed by atoms with Crippen molar-refractivity contribution in [3.8, 4) is 0 Å². The van der Waals surface area contributed by atoms with Gasteiger partial charge in [0.25, 0.3) is 0 Å². The standard InChI is InChI=1S/C23H24FN3/c1-26-10-7-20-21-12-16(13-24)2-5-22(21)27(23(20)8-11-26)15-18-4-3-17-14-25-9-6-19(17)18/h2,5-6,9,12,14-15H,3-4,7-8,10-11,13H2,1H3/b18-15+. The number of alkyl halides is 1. The minimum absolute atomic E-state index is 0.405. The molecule has 1 aromatic carbocycles. The third-order valence-electron chi connectivity index (χ3n) is 6.11. The van der Waals surface area contributed by atoms with E-state index in [1.54, 1.807) is 0 Å². The lowest BCUT2D eigenvalue weighted by Crippen LogP contribution is -2.21. The summed E-state index contributed by atoms with van der Waals surface area (Å²) in [5, 5.41) is 1.22. The van der Waals surface area contributed by atoms with Crippen molar-refractivity contribution in [1.29, 1.82) is 0 Å². The Morgan fingerprint density at radius 1 is 1.11 bits per heavy atom. The summed E-state index contributed by atoms with van der Waals surface area (Å²) < 4.78 is 15.7. The summed E-state index contributed by atoms with van der Waals surface area (Å²) in [5.74, 6) is 0. The molecule has 4 heteroatoms. The summed E-state index contributed by atoms with van der Waals surface area (Å²) in [4.78, 5) is 6.66. The highest BCUT2D eigenvalue weighted by Gasteiger charge is 2.22. The van der Waals surface area contributed by atoms with E-state index in [0.29, 0.717) is 0 Å². The SMILES string of the molecule is CN1CCc2c(n(/C=C3\CCc4cnccc43)c3ccc(CF)cc23)CC1. The Labute approximate surface area is 159 Å². The number of hydrogen-bond donors (Lipinski definition) is 0. The first-order valence-corrected chi connectivity index (χ1v) is 9.77. The van der Waals surface area contributed by atoms with Crippen molar-refractivity contribution in [3.05, 3.63) is 64.6 Å². The van der Waals surface area contributed by atoms with Gasteiger partial charge in [-0.2, -0.15) is 0 Å². The fourth-order valence-corrected chi connectivity index (χ4v) is 4.61. The zero-order valence-electron chi connectivity index (χ0n) is 15.7. The number of rotatable bonds is 2. The number of pyridine rings is 1. The van der Waals surface area contributed by atoms with Crippen LogP contribution < -0.4 is 0 Å². The number of aryl methyl sites for hydroxylation is 1. The molecule has 0 amide bonds. The third-order valence-corrected chi connectivity index (χ3v) is 6.11. The number of likely N-dealkylation sites (N-methyl/N-ethyl adjacent to an activating group) is 1. The molecule has 0 N–H and O–H groups in total. The van der Waals surface area contributed by atoms with E-state index < -0.39 is 6.67 Å². The Morgan fingerprint density at radius 3 is 2.89 bits per heavy atom. The Balaban J connectivity index is 1.71. The van der Waals surface area contributed by atoms with E-state index in [1.165, 1.54) is 38.9 Å². The second kappa shape index (κ2) is 6.61. The Bertz CT molecular complexity index is 1050. The molecule has 0 saturated heterocycles. The molecule has 1 aliphatic carbocycles. The van der Waals surface area contributed by atoms with Crippen molar-refractivity contribution in [2.45, 2.75) is 32.4 Å². The Hall–Kier alpha value is -2.46. The molecule has 0 saturated carbocycles. The van der Waals surface area contributed by atoms with Crippen LogP contribution >= 0.6 is 0 Å². The molecule has 0 fully saturated rings. The topological polar surface area (TPSA) is 21.1 Å². The highest BCUT2D eigenvalue weighted by atomic mass is 19.1. The normalized spacial score (nSPS) is 18.7. The lowest BCUT2D eigenvalue weighted by molar-refractivity contribution is 0.351. The summed E-state index contributed by atoms with van der Waals surface area (Å²) in [6.45, 7) is 1.71. The average Bonchev–Trinajstić information content (AvgIpc) is 3.17. The molecule has 3 nitrogen and oxygen atoms in total. The molecular weight excluding hydrogens is 337 g/mol. The van der Waals surface area contributed by atoms with E-state index in [4.69, 9.17) is 0 Å². The Morgan fingerprint density at radius 2 is 2.00 bits per heavy atom. The quantitative estimate of drug-likeness (QED) is 0.671. The van der Waals surface area contributed by atoms with Gasteiger partial charge in [-0.1, -0.05) is 6.07 Å². The molecular formula is C23H24FN3. The number of nitrogens with zero attached hydrogens (tertiary/aromatic N) is 3. The van der Waals surface area contributed by atoms with E-state index in [1.807, 2.05) is 18.5 Å². The highest BCUT2D eigenvalue weighted by molar-refractivity contribution is 5.91. The molecule has 138 valence electrons. The van der Waals surface area contributed by atoms with Crippen LogP contribution in [0.4, 0.5) is 4.39 Å². The zero-order valence-corrected chi connectivity index (χ0v) is 15.7. The van der Waals surface area contributed by atoms with Crippen molar-refractivity contribution < 1.29 is 4.39 Å². The Kier molecular flexibility index (Phi) is 4.09. The molecule has 1 aliphatic heterocycles. The van der Waals surface area contributed by atoms with Crippen LogP contribution in [-0.4, -0.2) is 34.6 Å². The monoisotopic (exact) mass is 361 g/mol. The number of fused-ring (bicyclic) bond motifs is 4. The highest BCUT2D eigenvalue weighted by Crippen LogP contribution is 2.35. The van der Waals surface area contributed by atoms with Crippen LogP contribution in [0.25, 0.3) is 22.7 Å². The minimum atomic E-state index is -0.405. The van der Waals surface area contributed by atoms with Crippen LogP contribution in [0.15, 0.2) is 36.7 Å². The van der Waals surface area contributed by atoms with Gasteiger partial charge in [0.15, 0.2) is 0 Å². The van der Waals surface area contributed by atoms with E-state index in [0.717, 1.165) is 44.3 Å². The first kappa shape index (κ1) is 16.7. The van der Waals surface area contributed by atoms with Crippen LogP contribution in [0.3, 0.4) is 0 Å². The van der Waals surface area contributed by atoms with Crippen LogP contribution in [0.2, 0.25) is 0 Å². The molecule has 0 atom stereocenters. The van der Waals surface area contributed by atoms with Crippen molar-refractivity contribution in [3.63, 3.8) is 0 Å². The van der Waals surface area contributed by atoms with E-state index in [-0.39, 0.29) is 0 Å². The van der Waals surface area contributed by atoms with Crippen LogP contribution in [-0.2, 0) is 25.9 Å². The van der Waals surface area contributed by atoms with Crippen LogP contribution in [0.1, 0.15) is 34.4 Å². The first-order chi connectivity index (χ1) is 13.2. The van der Waals surface area contributed by atoms with Crippen molar-refractivity contribution in [2.75, 3.05) is 20.1 Å². The summed E-state index contributed by atoms with van der Waals surface area (Å²) in [6, 6.07) is 8.21. The maximum absolute atomic E-state index is 13.3. The zero-order chi connectivity index (χ0) is 18.4. The van der Waals surface area contributed by atoms with Crippen LogP contribution in [0, 0.1) is 0 Å². The van der Waals surface area contributed by atoms with Crippen LogP contribution in [0.5, 0.6) is 0 Å². The van der Waals surface area contributed by atoms with Crippen molar-refractivity contribution >= 4 is 22.7 Å². The van der Waals surface area contributed by atoms with Gasteiger partial charge in [0.1, 0.15) is 6.67 Å². The largest absolute Gasteiger partial charge is 0.320 e. The molecule has 27 heavy (non-hydrogen) atoms. The molecule has 0 bridgehead atoms. The summed E-state index contributed by atoms with van der Waals surface area (Å²) in [5.41, 5.74) is 8.80. The lowest BCUT2D eigenvalue weighted by atomic mass is 10.1. The average molecular weight is 361 g/mol. The van der Waals surface area contributed by atoms with Gasteiger partial charge in [-0.25, -0.2) is 4.39 Å². The number of hydrogen-bond acceptors (Lipinski definition) is 2. The van der Waals surface area contributed by atoms with E-state index in [2.05, 4.69) is 45.9 Å².